The maximum Gasteiger partial charge on any atom is 0.269 e. The van der Waals surface area contributed by atoms with Crippen molar-refractivity contribution in [2.45, 2.75) is 25.8 Å². The summed E-state index contributed by atoms with van der Waals surface area (Å²) in [4.78, 5) is 33.0. The van der Waals surface area contributed by atoms with E-state index in [0.29, 0.717) is 23.6 Å². The van der Waals surface area contributed by atoms with E-state index >= 15 is 0 Å². The number of amides is 2. The number of pyridine rings is 2. The summed E-state index contributed by atoms with van der Waals surface area (Å²) in [7, 11) is 1.54. The van der Waals surface area contributed by atoms with E-state index in [2.05, 4.69) is 27.5 Å². The molecule has 1 saturated carbocycles. The number of nitrogens with zero attached hydrogens (tertiary/aromatic N) is 2. The fourth-order valence-electron chi connectivity index (χ4n) is 2.52. The summed E-state index contributed by atoms with van der Waals surface area (Å²) >= 11 is 0. The molecule has 24 heavy (non-hydrogen) atoms. The molecule has 0 aromatic carbocycles. The van der Waals surface area contributed by atoms with Crippen LogP contribution in [-0.4, -0.2) is 34.9 Å². The number of carbonyl (C=O) groups is 2. The van der Waals surface area contributed by atoms with Gasteiger partial charge in [-0.2, -0.15) is 0 Å². The lowest BCUT2D eigenvalue weighted by molar-refractivity contribution is 0.0949. The van der Waals surface area contributed by atoms with Crippen molar-refractivity contribution in [2.24, 2.45) is 5.92 Å². The minimum Gasteiger partial charge on any atom is -0.354 e. The first-order valence-corrected chi connectivity index (χ1v) is 8.00. The van der Waals surface area contributed by atoms with Crippen LogP contribution >= 0.6 is 0 Å². The quantitative estimate of drug-likeness (QED) is 0.874. The Morgan fingerprint density at radius 3 is 2.62 bits per heavy atom. The molecule has 2 heterocycles. The van der Waals surface area contributed by atoms with E-state index in [-0.39, 0.29) is 23.6 Å². The minimum absolute atomic E-state index is 0.167. The Morgan fingerprint density at radius 1 is 1.21 bits per heavy atom. The Hall–Kier alpha value is -2.76. The molecule has 2 amide bonds. The first-order valence-electron chi connectivity index (χ1n) is 8.00. The number of hydrogen-bond donors (Lipinski definition) is 2. The normalized spacial score (nSPS) is 18.8. The molecule has 2 N–H and O–H groups in total. The van der Waals surface area contributed by atoms with Crippen molar-refractivity contribution >= 4 is 11.8 Å². The van der Waals surface area contributed by atoms with Crippen molar-refractivity contribution in [3.8, 4) is 0 Å². The molecular weight excluding hydrogens is 304 g/mol. The van der Waals surface area contributed by atoms with Gasteiger partial charge >= 0.3 is 0 Å². The van der Waals surface area contributed by atoms with Crippen molar-refractivity contribution in [3.05, 3.63) is 59.2 Å². The highest BCUT2D eigenvalue weighted by Crippen LogP contribution is 2.29. The van der Waals surface area contributed by atoms with Crippen LogP contribution < -0.4 is 10.6 Å². The zero-order valence-electron chi connectivity index (χ0n) is 13.7. The van der Waals surface area contributed by atoms with Crippen molar-refractivity contribution in [1.82, 2.24) is 20.6 Å². The topological polar surface area (TPSA) is 84.0 Å². The van der Waals surface area contributed by atoms with Gasteiger partial charge in [-0.25, -0.2) is 4.98 Å². The van der Waals surface area contributed by atoms with E-state index in [1.165, 1.54) is 6.07 Å². The molecular formula is C18H20N4O2. The summed E-state index contributed by atoms with van der Waals surface area (Å²) in [5.74, 6) is 0.0353. The van der Waals surface area contributed by atoms with E-state index in [0.717, 1.165) is 12.1 Å². The van der Waals surface area contributed by atoms with Gasteiger partial charge in [0.05, 0.1) is 0 Å². The lowest BCUT2D eigenvalue weighted by Crippen LogP contribution is -2.28. The van der Waals surface area contributed by atoms with Gasteiger partial charge in [-0.05, 0) is 36.6 Å². The van der Waals surface area contributed by atoms with Crippen LogP contribution in [0, 0.1) is 5.92 Å². The van der Waals surface area contributed by atoms with Crippen LogP contribution in [0.3, 0.4) is 0 Å². The number of nitrogens with one attached hydrogen (secondary N) is 2. The van der Waals surface area contributed by atoms with Gasteiger partial charge in [0.2, 0.25) is 0 Å². The fraction of sp³-hybridized carbons (Fsp3) is 0.333. The lowest BCUT2D eigenvalue weighted by Gasteiger charge is -2.09. The molecule has 0 unspecified atom stereocenters. The fourth-order valence-corrected chi connectivity index (χ4v) is 2.52. The highest BCUT2D eigenvalue weighted by atomic mass is 16.2. The third kappa shape index (κ3) is 3.76. The van der Waals surface area contributed by atoms with E-state index < -0.39 is 0 Å². The highest BCUT2D eigenvalue weighted by molar-refractivity contribution is 5.98. The molecule has 124 valence electrons. The van der Waals surface area contributed by atoms with Crippen LogP contribution in [-0.2, 0) is 6.42 Å². The molecule has 0 radical (unpaired) electrons. The van der Waals surface area contributed by atoms with Crippen LogP contribution in [0.15, 0.2) is 36.5 Å². The summed E-state index contributed by atoms with van der Waals surface area (Å²) < 4.78 is 0. The first kappa shape index (κ1) is 16.1. The molecule has 2 atom stereocenters. The van der Waals surface area contributed by atoms with E-state index in [4.69, 9.17) is 0 Å². The molecule has 0 saturated heterocycles. The van der Waals surface area contributed by atoms with E-state index in [9.17, 15) is 9.59 Å². The second-order valence-electron chi connectivity index (χ2n) is 6.10. The molecule has 2 aromatic heterocycles. The zero-order chi connectivity index (χ0) is 17.1. The molecule has 1 aliphatic carbocycles. The smallest absolute Gasteiger partial charge is 0.269 e. The second kappa shape index (κ2) is 6.78. The Kier molecular flexibility index (Phi) is 4.55. The Balaban J connectivity index is 1.88. The van der Waals surface area contributed by atoms with Gasteiger partial charge < -0.3 is 10.6 Å². The van der Waals surface area contributed by atoms with E-state index in [1.54, 1.807) is 19.3 Å². The number of aromatic nitrogens is 2. The Labute approximate surface area is 140 Å². The summed E-state index contributed by atoms with van der Waals surface area (Å²) in [6.45, 7) is 2.10. The summed E-state index contributed by atoms with van der Waals surface area (Å²) in [5.41, 5.74) is 2.17. The maximum atomic E-state index is 12.4. The predicted molar refractivity (Wildman–Crippen MR) is 89.7 cm³/mol. The van der Waals surface area contributed by atoms with Gasteiger partial charge in [0.15, 0.2) is 0 Å². The zero-order valence-corrected chi connectivity index (χ0v) is 13.7. The molecule has 0 bridgehead atoms. The average molecular weight is 324 g/mol. The largest absolute Gasteiger partial charge is 0.354 e. The average Bonchev–Trinajstić information content (AvgIpc) is 3.29. The summed E-state index contributed by atoms with van der Waals surface area (Å²) in [6, 6.07) is 9.11. The van der Waals surface area contributed by atoms with Crippen LogP contribution in [0.1, 0.15) is 45.6 Å². The van der Waals surface area contributed by atoms with Gasteiger partial charge in [-0.15, -0.1) is 0 Å². The van der Waals surface area contributed by atoms with Crippen LogP contribution in [0.4, 0.5) is 0 Å². The van der Waals surface area contributed by atoms with Gasteiger partial charge in [0.25, 0.3) is 11.8 Å². The second-order valence-corrected chi connectivity index (χ2v) is 6.10. The Bertz CT molecular complexity index is 761. The van der Waals surface area contributed by atoms with Gasteiger partial charge in [-0.1, -0.05) is 13.0 Å². The van der Waals surface area contributed by atoms with Crippen LogP contribution in [0.5, 0.6) is 0 Å². The van der Waals surface area contributed by atoms with Gasteiger partial charge in [0, 0.05) is 42.7 Å². The number of carbonyl (C=O) groups excluding carboxylic acids is 2. The minimum atomic E-state index is -0.313. The van der Waals surface area contributed by atoms with Gasteiger partial charge in [0.1, 0.15) is 5.69 Å². The molecule has 2 aromatic rings. The van der Waals surface area contributed by atoms with Crippen molar-refractivity contribution in [3.63, 3.8) is 0 Å². The van der Waals surface area contributed by atoms with E-state index in [1.807, 2.05) is 18.2 Å². The standard InChI is InChI=1S/C18H20N4O2/c1-11-7-15(11)22-17(23)12-8-14(10-13-5-3-4-6-20-13)21-16(9-12)18(24)19-2/h3-6,8-9,11,15H,7,10H2,1-2H3,(H,19,24)(H,22,23)/t11-,15-/m0/s1. The van der Waals surface area contributed by atoms with Crippen molar-refractivity contribution in [1.29, 1.82) is 0 Å². The van der Waals surface area contributed by atoms with Crippen LogP contribution in [0.2, 0.25) is 0 Å². The lowest BCUT2D eigenvalue weighted by atomic mass is 10.1. The third-order valence-electron chi connectivity index (χ3n) is 4.11. The molecule has 1 fully saturated rings. The third-order valence-corrected chi connectivity index (χ3v) is 4.11. The number of hydrogen-bond acceptors (Lipinski definition) is 4. The predicted octanol–water partition coefficient (Wildman–Crippen LogP) is 1.57. The molecule has 1 aliphatic rings. The summed E-state index contributed by atoms with van der Waals surface area (Å²) in [5, 5.41) is 5.53. The SMILES string of the molecule is CNC(=O)c1cc(C(=O)N[C@H]2C[C@@H]2C)cc(Cc2ccccn2)n1. The Morgan fingerprint density at radius 2 is 2.00 bits per heavy atom. The first-order chi connectivity index (χ1) is 11.6. The molecule has 6 nitrogen and oxygen atoms in total. The molecule has 3 rings (SSSR count). The molecule has 6 heteroatoms. The maximum absolute atomic E-state index is 12.4. The van der Waals surface area contributed by atoms with Crippen molar-refractivity contribution in [2.75, 3.05) is 7.05 Å². The van der Waals surface area contributed by atoms with Gasteiger partial charge in [-0.3, -0.25) is 14.6 Å². The van der Waals surface area contributed by atoms with Crippen molar-refractivity contribution < 1.29 is 9.59 Å². The molecule has 0 spiro atoms. The highest BCUT2D eigenvalue weighted by Gasteiger charge is 2.34. The molecule has 0 aliphatic heterocycles. The summed E-state index contributed by atoms with van der Waals surface area (Å²) in [6.07, 6.45) is 3.17. The van der Waals surface area contributed by atoms with Crippen LogP contribution in [0.25, 0.3) is 0 Å². The monoisotopic (exact) mass is 324 g/mol. The number of rotatable bonds is 5.